The van der Waals surface area contributed by atoms with E-state index in [4.69, 9.17) is 4.74 Å². The monoisotopic (exact) mass is 416 g/mol. The van der Waals surface area contributed by atoms with E-state index < -0.39 is 0 Å². The van der Waals surface area contributed by atoms with Gasteiger partial charge in [-0.15, -0.1) is 0 Å². The Kier molecular flexibility index (Phi) is 5.58. The molecule has 2 heterocycles. The van der Waals surface area contributed by atoms with E-state index in [9.17, 15) is 9.59 Å². The molecule has 0 spiro atoms. The first kappa shape index (κ1) is 20.4. The minimum atomic E-state index is -0.220. The van der Waals surface area contributed by atoms with E-state index in [1.165, 1.54) is 6.07 Å². The summed E-state index contributed by atoms with van der Waals surface area (Å²) in [6, 6.07) is 18.8. The Morgan fingerprint density at radius 1 is 1.10 bits per heavy atom. The van der Waals surface area contributed by atoms with Gasteiger partial charge in [-0.1, -0.05) is 30.3 Å². The van der Waals surface area contributed by atoms with Crippen LogP contribution in [0.4, 0.5) is 5.69 Å². The minimum Gasteiger partial charge on any atom is -0.497 e. The van der Waals surface area contributed by atoms with Gasteiger partial charge in [0.1, 0.15) is 5.75 Å². The van der Waals surface area contributed by atoms with Crippen LogP contribution in [-0.4, -0.2) is 27.6 Å². The normalized spacial score (nSPS) is 10.9. The first-order chi connectivity index (χ1) is 15.0. The zero-order valence-corrected chi connectivity index (χ0v) is 17.8. The summed E-state index contributed by atoms with van der Waals surface area (Å²) in [7, 11) is 1.61. The molecular weight excluding hydrogens is 392 g/mol. The highest BCUT2D eigenvalue weighted by atomic mass is 16.5. The van der Waals surface area contributed by atoms with Crippen molar-refractivity contribution in [1.82, 2.24) is 14.6 Å². The number of carbonyl (C=O) groups excluding carboxylic acids is 1. The molecule has 0 aliphatic rings. The summed E-state index contributed by atoms with van der Waals surface area (Å²) in [4.78, 5) is 31.5. The number of H-pyrrole nitrogens is 1. The van der Waals surface area contributed by atoms with Crippen molar-refractivity contribution in [3.63, 3.8) is 0 Å². The van der Waals surface area contributed by atoms with Gasteiger partial charge in [-0.25, -0.2) is 9.50 Å². The molecule has 0 aliphatic heterocycles. The van der Waals surface area contributed by atoms with Gasteiger partial charge in [0.25, 0.3) is 5.56 Å². The fourth-order valence-corrected chi connectivity index (χ4v) is 3.71. The molecule has 0 unspecified atom stereocenters. The number of fused-ring (bicyclic) bond motifs is 1. The van der Waals surface area contributed by atoms with Crippen LogP contribution in [0.5, 0.6) is 5.75 Å². The number of aryl methyl sites for hydroxylation is 2. The van der Waals surface area contributed by atoms with Crippen LogP contribution in [0.15, 0.2) is 65.5 Å². The van der Waals surface area contributed by atoms with Crippen molar-refractivity contribution in [2.24, 2.45) is 0 Å². The number of methoxy groups -OCH3 is 1. The Bertz CT molecular complexity index is 1270. The number of nitrogens with one attached hydrogen (secondary N) is 1. The van der Waals surface area contributed by atoms with Crippen LogP contribution in [0.3, 0.4) is 0 Å². The summed E-state index contributed by atoms with van der Waals surface area (Å²) in [5, 5.41) is 2.74. The lowest BCUT2D eigenvalue weighted by Crippen LogP contribution is -2.32. The summed E-state index contributed by atoms with van der Waals surface area (Å²) in [6.07, 6.45) is 0.166. The van der Waals surface area contributed by atoms with E-state index in [0.29, 0.717) is 12.2 Å². The summed E-state index contributed by atoms with van der Waals surface area (Å²) in [5.74, 6) is 0.671. The molecule has 31 heavy (non-hydrogen) atoms. The van der Waals surface area contributed by atoms with Gasteiger partial charge in [-0.2, -0.15) is 0 Å². The fourth-order valence-electron chi connectivity index (χ4n) is 3.71. The maximum absolute atomic E-state index is 13.5. The van der Waals surface area contributed by atoms with Gasteiger partial charge >= 0.3 is 0 Å². The molecule has 2 aromatic heterocycles. The number of aromatic amines is 1. The van der Waals surface area contributed by atoms with E-state index in [1.807, 2.05) is 68.4 Å². The molecule has 4 rings (SSSR count). The van der Waals surface area contributed by atoms with E-state index in [-0.39, 0.29) is 17.9 Å². The highest BCUT2D eigenvalue weighted by molar-refractivity contribution is 5.95. The number of hydrogen-bond acceptors (Lipinski definition) is 4. The van der Waals surface area contributed by atoms with E-state index >= 15 is 0 Å². The smallest absolute Gasteiger partial charge is 0.266 e. The predicted molar refractivity (Wildman–Crippen MR) is 120 cm³/mol. The third-order valence-corrected chi connectivity index (χ3v) is 5.40. The van der Waals surface area contributed by atoms with Crippen molar-refractivity contribution in [2.45, 2.75) is 26.8 Å². The standard InChI is InChI=1S/C24H24N4O3/c1-16-21(17(2)28-22(25-16)14-23(29)26-28)13-24(30)27(15-18-7-5-4-6-8-18)19-9-11-20(31-3)12-10-19/h4-12,14H,13,15H2,1-3H3,(H,26,29). The van der Waals surface area contributed by atoms with Crippen molar-refractivity contribution in [2.75, 3.05) is 12.0 Å². The predicted octanol–water partition coefficient (Wildman–Crippen LogP) is 3.42. The highest BCUT2D eigenvalue weighted by Gasteiger charge is 2.21. The van der Waals surface area contributed by atoms with Crippen molar-refractivity contribution >= 4 is 17.2 Å². The van der Waals surface area contributed by atoms with Crippen LogP contribution in [-0.2, 0) is 17.8 Å². The number of ether oxygens (including phenoxy) is 1. The number of carbonyl (C=O) groups is 1. The minimum absolute atomic E-state index is 0.0594. The molecule has 0 fully saturated rings. The molecule has 1 amide bonds. The summed E-state index contributed by atoms with van der Waals surface area (Å²) in [5.41, 5.74) is 4.48. The Morgan fingerprint density at radius 3 is 2.48 bits per heavy atom. The molecule has 7 heteroatoms. The lowest BCUT2D eigenvalue weighted by molar-refractivity contribution is -0.118. The zero-order chi connectivity index (χ0) is 22.0. The summed E-state index contributed by atoms with van der Waals surface area (Å²) >= 11 is 0. The number of benzene rings is 2. The van der Waals surface area contributed by atoms with Gasteiger partial charge in [-0.05, 0) is 43.7 Å². The van der Waals surface area contributed by atoms with Gasteiger partial charge in [0, 0.05) is 28.7 Å². The molecule has 0 atom stereocenters. The molecular formula is C24H24N4O3. The number of anilines is 1. The third kappa shape index (κ3) is 4.21. The molecule has 0 saturated carbocycles. The second-order valence-corrected chi connectivity index (χ2v) is 7.42. The van der Waals surface area contributed by atoms with E-state index in [1.54, 1.807) is 16.5 Å². The molecule has 0 aliphatic carbocycles. The van der Waals surface area contributed by atoms with Gasteiger partial charge in [0.15, 0.2) is 5.65 Å². The molecule has 2 aromatic carbocycles. The average Bonchev–Trinajstić information content (AvgIpc) is 3.16. The van der Waals surface area contributed by atoms with Gasteiger partial charge < -0.3 is 9.64 Å². The Hall–Kier alpha value is -3.87. The number of aromatic nitrogens is 3. The number of amides is 1. The molecule has 1 N–H and O–H groups in total. The Balaban J connectivity index is 1.70. The Morgan fingerprint density at radius 2 is 1.81 bits per heavy atom. The maximum atomic E-state index is 13.5. The van der Waals surface area contributed by atoms with Crippen molar-refractivity contribution in [1.29, 1.82) is 0 Å². The SMILES string of the molecule is COc1ccc(N(Cc2ccccc2)C(=O)Cc2c(C)nc3cc(=O)[nH]n3c2C)cc1. The lowest BCUT2D eigenvalue weighted by Gasteiger charge is -2.24. The van der Waals surface area contributed by atoms with Crippen molar-refractivity contribution < 1.29 is 9.53 Å². The van der Waals surface area contributed by atoms with Gasteiger partial charge in [0.05, 0.1) is 20.1 Å². The Labute approximate surface area is 179 Å². The van der Waals surface area contributed by atoms with E-state index in [0.717, 1.165) is 34.0 Å². The van der Waals surface area contributed by atoms with Crippen LogP contribution < -0.4 is 15.2 Å². The number of hydrogen-bond donors (Lipinski definition) is 1. The summed E-state index contributed by atoms with van der Waals surface area (Å²) < 4.78 is 6.89. The van der Waals surface area contributed by atoms with Crippen LogP contribution in [0, 0.1) is 13.8 Å². The van der Waals surface area contributed by atoms with Crippen LogP contribution in [0.2, 0.25) is 0 Å². The maximum Gasteiger partial charge on any atom is 0.266 e. The second kappa shape index (κ2) is 8.47. The van der Waals surface area contributed by atoms with Crippen molar-refractivity contribution in [3.05, 3.63) is 93.5 Å². The molecule has 7 nitrogen and oxygen atoms in total. The van der Waals surface area contributed by atoms with Gasteiger partial charge in [0.2, 0.25) is 5.91 Å². The average molecular weight is 416 g/mol. The molecule has 0 bridgehead atoms. The fraction of sp³-hybridized carbons (Fsp3) is 0.208. The molecule has 158 valence electrons. The van der Waals surface area contributed by atoms with Gasteiger partial charge in [-0.3, -0.25) is 14.7 Å². The molecule has 0 saturated heterocycles. The first-order valence-corrected chi connectivity index (χ1v) is 10.0. The van der Waals surface area contributed by atoms with Crippen molar-refractivity contribution in [3.8, 4) is 5.75 Å². The quantitative estimate of drug-likeness (QED) is 0.522. The van der Waals surface area contributed by atoms with Crippen LogP contribution >= 0.6 is 0 Å². The van der Waals surface area contributed by atoms with E-state index in [2.05, 4.69) is 10.1 Å². The number of rotatable bonds is 6. The third-order valence-electron chi connectivity index (χ3n) is 5.40. The van der Waals surface area contributed by atoms with Crippen LogP contribution in [0.1, 0.15) is 22.5 Å². The number of nitrogens with zero attached hydrogens (tertiary/aromatic N) is 3. The molecule has 0 radical (unpaired) electrons. The first-order valence-electron chi connectivity index (χ1n) is 10.0. The highest BCUT2D eigenvalue weighted by Crippen LogP contribution is 2.23. The zero-order valence-electron chi connectivity index (χ0n) is 17.8. The topological polar surface area (TPSA) is 79.7 Å². The largest absolute Gasteiger partial charge is 0.497 e. The van der Waals surface area contributed by atoms with Crippen LogP contribution in [0.25, 0.3) is 5.65 Å². The summed E-state index contributed by atoms with van der Waals surface area (Å²) in [6.45, 7) is 4.19. The second-order valence-electron chi connectivity index (χ2n) is 7.42. The molecule has 4 aromatic rings. The lowest BCUT2D eigenvalue weighted by atomic mass is 10.1.